The van der Waals surface area contributed by atoms with Gasteiger partial charge in [-0.15, -0.1) is 0 Å². The predicted molar refractivity (Wildman–Crippen MR) is 80.0 cm³/mol. The molecule has 1 aromatic carbocycles. The zero-order valence-corrected chi connectivity index (χ0v) is 11.9. The van der Waals surface area contributed by atoms with E-state index in [1.54, 1.807) is 6.07 Å². The van der Waals surface area contributed by atoms with Crippen LogP contribution in [0.1, 0.15) is 0 Å². The molecular weight excluding hydrogens is 319 g/mol. The zero-order chi connectivity index (χ0) is 15.4. The topological polar surface area (TPSA) is 97.2 Å². The molecular formula is C12H8Cl2N4O3. The number of benzene rings is 1. The van der Waals surface area contributed by atoms with E-state index >= 15 is 0 Å². The van der Waals surface area contributed by atoms with Crippen molar-refractivity contribution in [1.29, 1.82) is 0 Å². The molecule has 0 spiro atoms. The number of hydrogen-bond donors (Lipinski definition) is 2. The molecule has 0 aliphatic heterocycles. The summed E-state index contributed by atoms with van der Waals surface area (Å²) in [6.07, 6.45) is 1.38. The van der Waals surface area contributed by atoms with Gasteiger partial charge in [0.15, 0.2) is 0 Å². The number of nitro benzene ring substituents is 1. The molecule has 1 aromatic heterocycles. The summed E-state index contributed by atoms with van der Waals surface area (Å²) >= 11 is 11.5. The lowest BCUT2D eigenvalue weighted by Crippen LogP contribution is -2.20. The Morgan fingerprint density at radius 2 is 1.95 bits per heavy atom. The van der Waals surface area contributed by atoms with Crippen LogP contribution >= 0.6 is 23.2 Å². The molecule has 0 radical (unpaired) electrons. The maximum absolute atomic E-state index is 11.8. The van der Waals surface area contributed by atoms with E-state index in [9.17, 15) is 14.9 Å². The van der Waals surface area contributed by atoms with Crippen LogP contribution in [0.4, 0.5) is 22.0 Å². The Morgan fingerprint density at radius 1 is 1.19 bits per heavy atom. The van der Waals surface area contributed by atoms with E-state index in [0.29, 0.717) is 10.8 Å². The van der Waals surface area contributed by atoms with E-state index in [0.717, 1.165) is 6.07 Å². The average Bonchev–Trinajstić information content (AvgIpc) is 2.43. The number of nitrogens with zero attached hydrogens (tertiary/aromatic N) is 2. The van der Waals surface area contributed by atoms with E-state index in [-0.39, 0.29) is 16.4 Å². The van der Waals surface area contributed by atoms with E-state index in [2.05, 4.69) is 15.6 Å². The molecule has 0 aliphatic rings. The molecule has 0 fully saturated rings. The lowest BCUT2D eigenvalue weighted by molar-refractivity contribution is -0.384. The van der Waals surface area contributed by atoms with Gasteiger partial charge in [-0.2, -0.15) is 0 Å². The summed E-state index contributed by atoms with van der Waals surface area (Å²) in [5.74, 6) is 0.301. The third-order valence-electron chi connectivity index (χ3n) is 2.38. The second-order valence-electron chi connectivity index (χ2n) is 3.86. The van der Waals surface area contributed by atoms with Gasteiger partial charge in [0.2, 0.25) is 0 Å². The molecule has 0 atom stereocenters. The summed E-state index contributed by atoms with van der Waals surface area (Å²) in [5.41, 5.74) is 0.0825. The summed E-state index contributed by atoms with van der Waals surface area (Å²) in [5, 5.41) is 16.0. The molecule has 2 amide bonds. The SMILES string of the molecule is O=C(Nc1ccc(Cl)cn1)Nc1ccc([N+](=O)[O-])cc1Cl. The number of hydrogen-bond acceptors (Lipinski definition) is 4. The van der Waals surface area contributed by atoms with Crippen molar-refractivity contribution in [3.05, 3.63) is 56.7 Å². The van der Waals surface area contributed by atoms with Crippen LogP contribution in [0, 0.1) is 10.1 Å². The molecule has 7 nitrogen and oxygen atoms in total. The van der Waals surface area contributed by atoms with Crippen LogP contribution in [0.5, 0.6) is 0 Å². The van der Waals surface area contributed by atoms with Crippen LogP contribution in [0.2, 0.25) is 10.0 Å². The molecule has 2 N–H and O–H groups in total. The molecule has 0 saturated carbocycles. The summed E-state index contributed by atoms with van der Waals surface area (Å²) in [6.45, 7) is 0. The third kappa shape index (κ3) is 4.04. The number of carbonyl (C=O) groups excluding carboxylic acids is 1. The molecule has 21 heavy (non-hydrogen) atoms. The van der Waals surface area contributed by atoms with Gasteiger partial charge in [0.1, 0.15) is 5.82 Å². The number of urea groups is 1. The number of nitro groups is 1. The first-order chi connectivity index (χ1) is 9.95. The number of carbonyl (C=O) groups is 1. The first-order valence-electron chi connectivity index (χ1n) is 5.59. The number of anilines is 2. The van der Waals surface area contributed by atoms with Crippen molar-refractivity contribution in [3.63, 3.8) is 0 Å². The zero-order valence-electron chi connectivity index (χ0n) is 10.3. The van der Waals surface area contributed by atoms with Crippen LogP contribution in [-0.2, 0) is 0 Å². The second-order valence-corrected chi connectivity index (χ2v) is 4.71. The number of pyridine rings is 1. The largest absolute Gasteiger partial charge is 0.324 e. The monoisotopic (exact) mass is 326 g/mol. The Kier molecular flexibility index (Phi) is 4.56. The maximum Gasteiger partial charge on any atom is 0.324 e. The van der Waals surface area contributed by atoms with E-state index in [4.69, 9.17) is 23.2 Å². The van der Waals surface area contributed by atoms with Crippen LogP contribution in [-0.4, -0.2) is 15.9 Å². The van der Waals surface area contributed by atoms with Gasteiger partial charge < -0.3 is 5.32 Å². The fraction of sp³-hybridized carbons (Fsp3) is 0. The van der Waals surface area contributed by atoms with Crippen molar-refractivity contribution in [1.82, 2.24) is 4.98 Å². The fourth-order valence-corrected chi connectivity index (χ4v) is 1.77. The normalized spacial score (nSPS) is 10.0. The lowest BCUT2D eigenvalue weighted by Gasteiger charge is -2.08. The Balaban J connectivity index is 2.06. The summed E-state index contributed by atoms with van der Waals surface area (Å²) in [6, 6.07) is 6.25. The molecule has 0 unspecified atom stereocenters. The van der Waals surface area contributed by atoms with Gasteiger partial charge >= 0.3 is 6.03 Å². The molecule has 2 rings (SSSR count). The minimum Gasteiger partial charge on any atom is -0.306 e. The van der Waals surface area contributed by atoms with Gasteiger partial charge in [-0.05, 0) is 18.2 Å². The Morgan fingerprint density at radius 3 is 2.52 bits per heavy atom. The molecule has 2 aromatic rings. The molecule has 0 bridgehead atoms. The Hall–Kier alpha value is -2.38. The highest BCUT2D eigenvalue weighted by Gasteiger charge is 2.11. The highest BCUT2D eigenvalue weighted by Crippen LogP contribution is 2.26. The first-order valence-corrected chi connectivity index (χ1v) is 6.35. The molecule has 0 aliphatic carbocycles. The molecule has 9 heteroatoms. The van der Waals surface area contributed by atoms with Crippen molar-refractivity contribution in [2.45, 2.75) is 0 Å². The van der Waals surface area contributed by atoms with Gasteiger partial charge in [-0.25, -0.2) is 9.78 Å². The quantitative estimate of drug-likeness (QED) is 0.659. The summed E-state index contributed by atoms with van der Waals surface area (Å²) in [7, 11) is 0. The van der Waals surface area contributed by atoms with E-state index in [1.165, 1.54) is 24.4 Å². The van der Waals surface area contributed by atoms with Crippen molar-refractivity contribution in [2.24, 2.45) is 0 Å². The van der Waals surface area contributed by atoms with Gasteiger partial charge in [-0.3, -0.25) is 15.4 Å². The minimum absolute atomic E-state index is 0.0587. The lowest BCUT2D eigenvalue weighted by atomic mass is 10.3. The van der Waals surface area contributed by atoms with Crippen LogP contribution in [0.3, 0.4) is 0 Å². The van der Waals surface area contributed by atoms with Gasteiger partial charge in [0, 0.05) is 18.3 Å². The highest BCUT2D eigenvalue weighted by atomic mass is 35.5. The average molecular weight is 327 g/mol. The second kappa shape index (κ2) is 6.38. The first kappa shape index (κ1) is 15.0. The minimum atomic E-state index is -0.583. The number of amides is 2. The van der Waals surface area contributed by atoms with Crippen LogP contribution in [0.25, 0.3) is 0 Å². The van der Waals surface area contributed by atoms with Crippen molar-refractivity contribution < 1.29 is 9.72 Å². The third-order valence-corrected chi connectivity index (χ3v) is 2.92. The van der Waals surface area contributed by atoms with E-state index in [1.807, 2.05) is 0 Å². The summed E-state index contributed by atoms with van der Waals surface area (Å²) in [4.78, 5) is 25.7. The fourth-order valence-electron chi connectivity index (χ4n) is 1.44. The van der Waals surface area contributed by atoms with Crippen molar-refractivity contribution in [2.75, 3.05) is 10.6 Å². The summed E-state index contributed by atoms with van der Waals surface area (Å²) < 4.78 is 0. The van der Waals surface area contributed by atoms with Crippen LogP contribution in [0.15, 0.2) is 36.5 Å². The molecule has 108 valence electrons. The number of nitrogens with one attached hydrogen (secondary N) is 2. The van der Waals surface area contributed by atoms with Crippen molar-refractivity contribution >= 4 is 46.4 Å². The van der Waals surface area contributed by atoms with Gasteiger partial charge in [0.05, 0.1) is 20.7 Å². The molecule has 1 heterocycles. The smallest absolute Gasteiger partial charge is 0.306 e. The van der Waals surface area contributed by atoms with Gasteiger partial charge in [0.25, 0.3) is 5.69 Å². The van der Waals surface area contributed by atoms with E-state index < -0.39 is 11.0 Å². The number of halogens is 2. The highest BCUT2D eigenvalue weighted by molar-refractivity contribution is 6.34. The van der Waals surface area contributed by atoms with Gasteiger partial charge in [-0.1, -0.05) is 23.2 Å². The van der Waals surface area contributed by atoms with Crippen molar-refractivity contribution in [3.8, 4) is 0 Å². The number of aromatic nitrogens is 1. The predicted octanol–water partition coefficient (Wildman–Crippen LogP) is 3.94. The Bertz CT molecular complexity index is 691. The number of rotatable bonds is 3. The molecule has 0 saturated heterocycles. The Labute approximate surface area is 129 Å². The van der Waals surface area contributed by atoms with Crippen LogP contribution < -0.4 is 10.6 Å². The number of non-ortho nitro benzene ring substituents is 1. The maximum atomic E-state index is 11.8. The standard InChI is InChI=1S/C12H8Cl2N4O3/c13-7-1-4-11(15-6-7)17-12(19)16-10-3-2-8(18(20)21)5-9(10)14/h1-6H,(H2,15,16,17,19).